The standard InChI is InChI=1S/C36H33FN4O3S/c1-6-44-35(43)31-32(24-10-8-7-9-11-24)38-36-41(33(31)25-12-14-27(37)15-13-25)34(42)30(45-36)21-26-20-22(2)40(23(26)3)29-18-16-28(17-19-29)39(4)5/h7-21,33H,6H2,1-5H3/b30-21+/t33-/m1/s1. The third-order valence-electron chi connectivity index (χ3n) is 7.94. The molecule has 0 aliphatic carbocycles. The van der Waals surface area contributed by atoms with Gasteiger partial charge in [-0.2, -0.15) is 0 Å². The Balaban J connectivity index is 1.56. The van der Waals surface area contributed by atoms with Gasteiger partial charge in [-0.25, -0.2) is 14.2 Å². The summed E-state index contributed by atoms with van der Waals surface area (Å²) in [6.45, 7) is 5.95. The van der Waals surface area contributed by atoms with E-state index in [1.54, 1.807) is 19.1 Å². The average molecular weight is 621 g/mol. The number of esters is 1. The molecule has 0 unspecified atom stereocenters. The SMILES string of the molecule is CCOC(=O)C1=C(c2ccccc2)N=c2s/c(=C/c3cc(C)n(-c4ccc(N(C)C)cc4)c3C)c(=O)n2[C@@H]1c1ccc(F)cc1. The topological polar surface area (TPSA) is 68.8 Å². The summed E-state index contributed by atoms with van der Waals surface area (Å²) in [5, 5.41) is 0. The van der Waals surface area contributed by atoms with E-state index in [4.69, 9.17) is 9.73 Å². The maximum absolute atomic E-state index is 14.2. The molecule has 5 aromatic rings. The lowest BCUT2D eigenvalue weighted by molar-refractivity contribution is -0.138. The predicted octanol–water partition coefficient (Wildman–Crippen LogP) is 5.55. The van der Waals surface area contributed by atoms with Gasteiger partial charge in [-0.05, 0) is 80.4 Å². The number of nitrogens with zero attached hydrogens (tertiary/aromatic N) is 4. The highest BCUT2D eigenvalue weighted by atomic mass is 32.1. The normalized spacial score (nSPS) is 14.7. The van der Waals surface area contributed by atoms with Crippen molar-refractivity contribution in [1.29, 1.82) is 0 Å². The second kappa shape index (κ2) is 12.2. The van der Waals surface area contributed by atoms with Crippen molar-refractivity contribution in [3.63, 3.8) is 0 Å². The largest absolute Gasteiger partial charge is 0.463 e. The lowest BCUT2D eigenvalue weighted by atomic mass is 9.93. The van der Waals surface area contributed by atoms with Crippen LogP contribution in [0.3, 0.4) is 0 Å². The Morgan fingerprint density at radius 1 is 1.02 bits per heavy atom. The molecule has 228 valence electrons. The van der Waals surface area contributed by atoms with Gasteiger partial charge in [0, 0.05) is 42.4 Å². The van der Waals surface area contributed by atoms with Gasteiger partial charge in [-0.15, -0.1) is 0 Å². The van der Waals surface area contributed by atoms with Crippen LogP contribution in [0.2, 0.25) is 0 Å². The summed E-state index contributed by atoms with van der Waals surface area (Å²) in [7, 11) is 4.02. The molecule has 0 radical (unpaired) electrons. The van der Waals surface area contributed by atoms with Gasteiger partial charge < -0.3 is 14.2 Å². The van der Waals surface area contributed by atoms with E-state index in [-0.39, 0.29) is 17.7 Å². The van der Waals surface area contributed by atoms with Crippen LogP contribution >= 0.6 is 11.3 Å². The summed E-state index contributed by atoms with van der Waals surface area (Å²) in [4.78, 5) is 35.2. The van der Waals surface area contributed by atoms with E-state index in [0.717, 1.165) is 28.3 Å². The molecule has 2 aromatic heterocycles. The van der Waals surface area contributed by atoms with Crippen molar-refractivity contribution < 1.29 is 13.9 Å². The molecule has 6 rings (SSSR count). The number of ether oxygens (including phenoxy) is 1. The Morgan fingerprint density at radius 2 is 1.71 bits per heavy atom. The van der Waals surface area contributed by atoms with Crippen LogP contribution in [0.25, 0.3) is 17.5 Å². The van der Waals surface area contributed by atoms with Crippen LogP contribution in [0.15, 0.2) is 100 Å². The Morgan fingerprint density at radius 3 is 2.36 bits per heavy atom. The molecule has 0 amide bonds. The minimum absolute atomic E-state index is 0.151. The molecule has 3 aromatic carbocycles. The number of benzene rings is 3. The number of thiazole rings is 1. The average Bonchev–Trinajstić information content (AvgIpc) is 3.50. The molecule has 0 fully saturated rings. The quantitative estimate of drug-likeness (QED) is 0.224. The van der Waals surface area contributed by atoms with Crippen molar-refractivity contribution in [3.8, 4) is 5.69 Å². The highest BCUT2D eigenvalue weighted by Gasteiger charge is 2.35. The van der Waals surface area contributed by atoms with Crippen molar-refractivity contribution >= 4 is 34.8 Å². The van der Waals surface area contributed by atoms with Crippen molar-refractivity contribution in [1.82, 2.24) is 9.13 Å². The fraction of sp³-hybridized carbons (Fsp3) is 0.194. The van der Waals surface area contributed by atoms with E-state index < -0.39 is 17.8 Å². The highest BCUT2D eigenvalue weighted by molar-refractivity contribution is 7.07. The first-order chi connectivity index (χ1) is 21.7. The van der Waals surface area contributed by atoms with E-state index in [1.807, 2.05) is 64.4 Å². The molecule has 0 spiro atoms. The van der Waals surface area contributed by atoms with Gasteiger partial charge in [0.2, 0.25) is 0 Å². The van der Waals surface area contributed by atoms with Crippen molar-refractivity contribution in [2.45, 2.75) is 26.8 Å². The maximum atomic E-state index is 14.2. The highest BCUT2D eigenvalue weighted by Crippen LogP contribution is 2.35. The zero-order chi connectivity index (χ0) is 31.8. The van der Waals surface area contributed by atoms with Gasteiger partial charge in [0.25, 0.3) is 5.56 Å². The van der Waals surface area contributed by atoms with Gasteiger partial charge in [0.05, 0.1) is 28.5 Å². The molecule has 0 saturated carbocycles. The number of hydrogen-bond donors (Lipinski definition) is 0. The van der Waals surface area contributed by atoms with Crippen LogP contribution in [0, 0.1) is 19.7 Å². The molecular weight excluding hydrogens is 587 g/mol. The molecular formula is C36H33FN4O3S. The smallest absolute Gasteiger partial charge is 0.338 e. The number of aryl methyl sites for hydroxylation is 1. The molecule has 9 heteroatoms. The first-order valence-corrected chi connectivity index (χ1v) is 15.5. The summed E-state index contributed by atoms with van der Waals surface area (Å²) < 4.78 is 23.7. The monoisotopic (exact) mass is 620 g/mol. The van der Waals surface area contributed by atoms with Crippen molar-refractivity contribution in [3.05, 3.63) is 144 Å². The lowest BCUT2D eigenvalue weighted by Crippen LogP contribution is -2.40. The fourth-order valence-electron chi connectivity index (χ4n) is 5.77. The molecule has 3 heterocycles. The van der Waals surface area contributed by atoms with Crippen LogP contribution in [0.1, 0.15) is 41.0 Å². The van der Waals surface area contributed by atoms with Crippen molar-refractivity contribution in [2.24, 2.45) is 4.99 Å². The minimum atomic E-state index is -0.860. The summed E-state index contributed by atoms with van der Waals surface area (Å²) >= 11 is 1.26. The van der Waals surface area contributed by atoms with Gasteiger partial charge >= 0.3 is 5.97 Å². The molecule has 0 N–H and O–H groups in total. The zero-order valence-corrected chi connectivity index (χ0v) is 26.6. The number of anilines is 1. The predicted molar refractivity (Wildman–Crippen MR) is 177 cm³/mol. The Bertz CT molecular complexity index is 2110. The summed E-state index contributed by atoms with van der Waals surface area (Å²) in [5.41, 5.74) is 6.72. The lowest BCUT2D eigenvalue weighted by Gasteiger charge is -2.25. The Labute approximate surface area is 264 Å². The second-order valence-electron chi connectivity index (χ2n) is 11.1. The van der Waals surface area contributed by atoms with Crippen LogP contribution in [0.4, 0.5) is 10.1 Å². The fourth-order valence-corrected chi connectivity index (χ4v) is 6.76. The van der Waals surface area contributed by atoms with Gasteiger partial charge in [0.15, 0.2) is 4.80 Å². The van der Waals surface area contributed by atoms with Crippen LogP contribution in [-0.2, 0) is 9.53 Å². The van der Waals surface area contributed by atoms with E-state index in [9.17, 15) is 14.0 Å². The Kier molecular flexibility index (Phi) is 8.12. The first kappa shape index (κ1) is 30.0. The molecule has 0 bridgehead atoms. The molecule has 1 atom stereocenters. The van der Waals surface area contributed by atoms with E-state index in [1.165, 1.54) is 28.0 Å². The molecule has 0 saturated heterocycles. The second-order valence-corrected chi connectivity index (χ2v) is 12.1. The van der Waals surface area contributed by atoms with Crippen LogP contribution in [-0.4, -0.2) is 35.8 Å². The zero-order valence-electron chi connectivity index (χ0n) is 25.7. The number of hydrogen-bond acceptors (Lipinski definition) is 6. The van der Waals surface area contributed by atoms with Gasteiger partial charge in [-0.1, -0.05) is 53.8 Å². The third-order valence-corrected chi connectivity index (χ3v) is 8.92. The first-order valence-electron chi connectivity index (χ1n) is 14.7. The number of aromatic nitrogens is 2. The minimum Gasteiger partial charge on any atom is -0.463 e. The third kappa shape index (κ3) is 5.55. The maximum Gasteiger partial charge on any atom is 0.338 e. The number of carbonyl (C=O) groups excluding carboxylic acids is 1. The van der Waals surface area contributed by atoms with Crippen LogP contribution in [0.5, 0.6) is 0 Å². The van der Waals surface area contributed by atoms with Gasteiger partial charge in [-0.3, -0.25) is 9.36 Å². The molecule has 7 nitrogen and oxygen atoms in total. The van der Waals surface area contributed by atoms with Crippen molar-refractivity contribution in [2.75, 3.05) is 25.6 Å². The van der Waals surface area contributed by atoms with Gasteiger partial charge in [0.1, 0.15) is 5.82 Å². The number of halogens is 1. The van der Waals surface area contributed by atoms with E-state index >= 15 is 0 Å². The Hall–Kier alpha value is -5.02. The number of fused-ring (bicyclic) bond motifs is 1. The molecule has 1 aliphatic heterocycles. The molecule has 1 aliphatic rings. The van der Waals surface area contributed by atoms with E-state index in [0.29, 0.717) is 26.2 Å². The van der Waals surface area contributed by atoms with Crippen LogP contribution < -0.4 is 19.8 Å². The summed E-state index contributed by atoms with van der Waals surface area (Å²) in [6.07, 6.45) is 1.88. The number of carbonyl (C=O) groups is 1. The summed E-state index contributed by atoms with van der Waals surface area (Å²) in [6, 6.07) is 24.7. The van der Waals surface area contributed by atoms with E-state index in [2.05, 4.69) is 39.8 Å². The molecule has 45 heavy (non-hydrogen) atoms. The summed E-state index contributed by atoms with van der Waals surface area (Å²) in [5.74, 6) is -0.990. The number of rotatable bonds is 7.